The maximum Gasteiger partial charge on any atom is 0.255 e. The lowest BCUT2D eigenvalue weighted by molar-refractivity contribution is 0.102. The number of carbonyl (C=O) groups excluding carboxylic acids is 1. The second-order valence-electron chi connectivity index (χ2n) is 3.71. The Morgan fingerprint density at radius 3 is 2.21 bits per heavy atom. The van der Waals surface area contributed by atoms with Crippen LogP contribution >= 0.6 is 55.1 Å². The van der Waals surface area contributed by atoms with Crippen molar-refractivity contribution in [3.63, 3.8) is 0 Å². The SMILES string of the molecule is O=C(Nc1c(Cl)cc(Br)cc1Cl)c1cccc(Br)c1. The van der Waals surface area contributed by atoms with E-state index in [1.807, 2.05) is 6.07 Å². The standard InChI is InChI=1S/C13H7Br2Cl2NO/c14-8-3-1-2-7(4-8)13(19)18-12-10(16)5-9(15)6-11(12)17/h1-6H,(H,18,19). The van der Waals surface area contributed by atoms with E-state index in [1.165, 1.54) is 0 Å². The number of carbonyl (C=O) groups is 1. The van der Waals surface area contributed by atoms with Crippen LogP contribution < -0.4 is 5.32 Å². The molecule has 1 N–H and O–H groups in total. The summed E-state index contributed by atoms with van der Waals surface area (Å²) in [6, 6.07) is 10.4. The van der Waals surface area contributed by atoms with E-state index in [1.54, 1.807) is 30.3 Å². The lowest BCUT2D eigenvalue weighted by Crippen LogP contribution is -2.12. The van der Waals surface area contributed by atoms with Gasteiger partial charge in [0.15, 0.2) is 0 Å². The van der Waals surface area contributed by atoms with E-state index in [4.69, 9.17) is 23.2 Å². The first-order valence-electron chi connectivity index (χ1n) is 5.19. The van der Waals surface area contributed by atoms with E-state index < -0.39 is 0 Å². The summed E-state index contributed by atoms with van der Waals surface area (Å²) in [5.41, 5.74) is 0.918. The number of rotatable bonds is 2. The first-order chi connectivity index (χ1) is 8.97. The third-order valence-corrected chi connectivity index (χ3v) is 3.88. The predicted octanol–water partition coefficient (Wildman–Crippen LogP) is 5.77. The average Bonchev–Trinajstić information content (AvgIpc) is 2.33. The highest BCUT2D eigenvalue weighted by Gasteiger charge is 2.12. The van der Waals surface area contributed by atoms with Crippen molar-refractivity contribution >= 4 is 66.7 Å². The van der Waals surface area contributed by atoms with Gasteiger partial charge in [0.05, 0.1) is 15.7 Å². The third-order valence-electron chi connectivity index (χ3n) is 2.33. The first-order valence-corrected chi connectivity index (χ1v) is 7.53. The Hall–Kier alpha value is -0.550. The molecule has 2 nitrogen and oxygen atoms in total. The molecule has 19 heavy (non-hydrogen) atoms. The van der Waals surface area contributed by atoms with Crippen LogP contribution in [0.5, 0.6) is 0 Å². The van der Waals surface area contributed by atoms with Gasteiger partial charge in [-0.15, -0.1) is 0 Å². The summed E-state index contributed by atoms with van der Waals surface area (Å²) in [5.74, 6) is -0.271. The van der Waals surface area contributed by atoms with Crippen LogP contribution in [0, 0.1) is 0 Å². The molecule has 0 aliphatic carbocycles. The first kappa shape index (κ1) is 14.9. The Morgan fingerprint density at radius 1 is 1.00 bits per heavy atom. The molecule has 0 bridgehead atoms. The van der Waals surface area contributed by atoms with Crippen LogP contribution in [0.15, 0.2) is 45.3 Å². The lowest BCUT2D eigenvalue weighted by Gasteiger charge is -2.10. The van der Waals surface area contributed by atoms with Crippen molar-refractivity contribution in [1.29, 1.82) is 0 Å². The topological polar surface area (TPSA) is 29.1 Å². The zero-order valence-electron chi connectivity index (χ0n) is 9.38. The maximum absolute atomic E-state index is 12.1. The molecule has 0 atom stereocenters. The minimum absolute atomic E-state index is 0.271. The van der Waals surface area contributed by atoms with Crippen LogP contribution in [0.4, 0.5) is 5.69 Å². The Balaban J connectivity index is 2.29. The molecule has 0 aromatic heterocycles. The minimum Gasteiger partial charge on any atom is -0.319 e. The van der Waals surface area contributed by atoms with Crippen LogP contribution in [0.3, 0.4) is 0 Å². The van der Waals surface area contributed by atoms with Gasteiger partial charge in [-0.25, -0.2) is 0 Å². The molecule has 2 aromatic rings. The third kappa shape index (κ3) is 3.72. The Bertz CT molecular complexity index is 623. The van der Waals surface area contributed by atoms with Gasteiger partial charge >= 0.3 is 0 Å². The number of hydrogen-bond acceptors (Lipinski definition) is 1. The zero-order chi connectivity index (χ0) is 14.0. The smallest absolute Gasteiger partial charge is 0.255 e. The fraction of sp³-hybridized carbons (Fsp3) is 0. The molecule has 0 aliphatic rings. The Morgan fingerprint density at radius 2 is 1.63 bits per heavy atom. The van der Waals surface area contributed by atoms with Crippen molar-refractivity contribution in [1.82, 2.24) is 0 Å². The van der Waals surface area contributed by atoms with Crippen molar-refractivity contribution in [3.8, 4) is 0 Å². The van der Waals surface area contributed by atoms with Gasteiger partial charge in [0.2, 0.25) is 0 Å². The van der Waals surface area contributed by atoms with Gasteiger partial charge in [-0.3, -0.25) is 4.79 Å². The van der Waals surface area contributed by atoms with E-state index in [2.05, 4.69) is 37.2 Å². The molecule has 0 saturated carbocycles. The highest BCUT2D eigenvalue weighted by atomic mass is 79.9. The lowest BCUT2D eigenvalue weighted by atomic mass is 10.2. The van der Waals surface area contributed by atoms with E-state index in [0.717, 1.165) is 8.95 Å². The molecule has 0 unspecified atom stereocenters. The molecular formula is C13H7Br2Cl2NO. The molecule has 2 rings (SSSR count). The highest BCUT2D eigenvalue weighted by Crippen LogP contribution is 2.34. The van der Waals surface area contributed by atoms with Crippen molar-refractivity contribution in [2.75, 3.05) is 5.32 Å². The number of hydrogen-bond donors (Lipinski definition) is 1. The van der Waals surface area contributed by atoms with E-state index >= 15 is 0 Å². The predicted molar refractivity (Wildman–Crippen MR) is 86.3 cm³/mol. The van der Waals surface area contributed by atoms with Crippen LogP contribution in [0.25, 0.3) is 0 Å². The number of nitrogens with one attached hydrogen (secondary N) is 1. The molecule has 0 aliphatic heterocycles. The molecule has 0 radical (unpaired) electrons. The summed E-state index contributed by atoms with van der Waals surface area (Å²) in [6.07, 6.45) is 0. The fourth-order valence-electron chi connectivity index (χ4n) is 1.48. The maximum atomic E-state index is 12.1. The van der Waals surface area contributed by atoms with Crippen molar-refractivity contribution in [2.45, 2.75) is 0 Å². The van der Waals surface area contributed by atoms with Gasteiger partial charge in [0, 0.05) is 14.5 Å². The molecule has 1 amide bonds. The van der Waals surface area contributed by atoms with Gasteiger partial charge in [0.25, 0.3) is 5.91 Å². The largest absolute Gasteiger partial charge is 0.319 e. The van der Waals surface area contributed by atoms with Crippen LogP contribution in [0.1, 0.15) is 10.4 Å². The number of halogens is 4. The summed E-state index contributed by atoms with van der Waals surface area (Å²) in [7, 11) is 0. The van der Waals surface area contributed by atoms with Gasteiger partial charge in [0.1, 0.15) is 0 Å². The molecule has 0 saturated heterocycles. The van der Waals surface area contributed by atoms with E-state index in [0.29, 0.717) is 21.3 Å². The molecule has 0 spiro atoms. The molecule has 6 heteroatoms. The molecule has 0 heterocycles. The molecular weight excluding hydrogens is 417 g/mol. The minimum atomic E-state index is -0.271. The summed E-state index contributed by atoms with van der Waals surface area (Å²) in [6.45, 7) is 0. The highest BCUT2D eigenvalue weighted by molar-refractivity contribution is 9.10. The van der Waals surface area contributed by atoms with Crippen LogP contribution in [0.2, 0.25) is 10.0 Å². The van der Waals surface area contributed by atoms with Crippen molar-refractivity contribution < 1.29 is 4.79 Å². The van der Waals surface area contributed by atoms with Crippen molar-refractivity contribution in [3.05, 3.63) is 61.0 Å². The van der Waals surface area contributed by atoms with Gasteiger partial charge < -0.3 is 5.32 Å². The molecule has 98 valence electrons. The second kappa shape index (κ2) is 6.27. The quantitative estimate of drug-likeness (QED) is 0.652. The summed E-state index contributed by atoms with van der Waals surface area (Å²) in [5, 5.41) is 3.46. The summed E-state index contributed by atoms with van der Waals surface area (Å²) < 4.78 is 1.58. The van der Waals surface area contributed by atoms with Gasteiger partial charge in [-0.1, -0.05) is 61.1 Å². The summed E-state index contributed by atoms with van der Waals surface area (Å²) in [4.78, 5) is 12.1. The summed E-state index contributed by atoms with van der Waals surface area (Å²) >= 11 is 18.7. The average molecular weight is 424 g/mol. The second-order valence-corrected chi connectivity index (χ2v) is 6.35. The van der Waals surface area contributed by atoms with Crippen LogP contribution in [-0.4, -0.2) is 5.91 Å². The Labute approximate surface area is 137 Å². The molecule has 0 fully saturated rings. The number of benzene rings is 2. The van der Waals surface area contributed by atoms with E-state index in [9.17, 15) is 4.79 Å². The molecule has 2 aromatic carbocycles. The normalized spacial score (nSPS) is 10.3. The van der Waals surface area contributed by atoms with Gasteiger partial charge in [-0.2, -0.15) is 0 Å². The Kier molecular flexibility index (Phi) is 4.90. The zero-order valence-corrected chi connectivity index (χ0v) is 14.1. The van der Waals surface area contributed by atoms with Crippen molar-refractivity contribution in [2.24, 2.45) is 0 Å². The van der Waals surface area contributed by atoms with Gasteiger partial charge in [-0.05, 0) is 30.3 Å². The number of anilines is 1. The fourth-order valence-corrected chi connectivity index (χ4v) is 3.18. The van der Waals surface area contributed by atoms with E-state index in [-0.39, 0.29) is 5.91 Å². The number of amides is 1. The van der Waals surface area contributed by atoms with Crippen LogP contribution in [-0.2, 0) is 0 Å². The monoisotopic (exact) mass is 421 g/mol.